The molecule has 1 heterocycles. The highest BCUT2D eigenvalue weighted by atomic mass is 79.9. The van der Waals surface area contributed by atoms with Gasteiger partial charge in [0.1, 0.15) is 5.75 Å². The maximum Gasteiger partial charge on any atom is 0.284 e. The number of hydrogen-bond donors (Lipinski definition) is 0. The van der Waals surface area contributed by atoms with Crippen molar-refractivity contribution in [3.05, 3.63) is 67.5 Å². The van der Waals surface area contributed by atoms with Crippen LogP contribution in [0, 0.1) is 10.1 Å². The van der Waals surface area contributed by atoms with Crippen LogP contribution in [0.3, 0.4) is 0 Å². The zero-order chi connectivity index (χ0) is 18.8. The molecule has 0 saturated carbocycles. The quantitative estimate of drug-likeness (QED) is 0.289. The second kappa shape index (κ2) is 7.56. The summed E-state index contributed by atoms with van der Waals surface area (Å²) in [5.74, 6) is 0.236. The lowest BCUT2D eigenvalue weighted by molar-refractivity contribution is -0.385. The van der Waals surface area contributed by atoms with Crippen LogP contribution in [0.1, 0.15) is 5.56 Å². The molecule has 1 amide bonds. The predicted octanol–water partition coefficient (Wildman–Crippen LogP) is 4.77. The summed E-state index contributed by atoms with van der Waals surface area (Å²) in [7, 11) is 1.52. The van der Waals surface area contributed by atoms with Crippen molar-refractivity contribution >= 4 is 67.6 Å². The highest BCUT2D eigenvalue weighted by molar-refractivity contribution is 9.10. The summed E-state index contributed by atoms with van der Waals surface area (Å²) in [5, 5.41) is 11.1. The highest BCUT2D eigenvalue weighted by Crippen LogP contribution is 2.40. The second-order valence-corrected chi connectivity index (χ2v) is 7.69. The van der Waals surface area contributed by atoms with Crippen LogP contribution in [0.15, 0.2) is 51.8 Å². The average Bonchev–Trinajstić information content (AvgIpc) is 2.89. The van der Waals surface area contributed by atoms with Crippen LogP contribution in [0.25, 0.3) is 6.08 Å². The molecular formula is C17H11BrN2O4S2. The van der Waals surface area contributed by atoms with E-state index in [1.165, 1.54) is 18.1 Å². The Morgan fingerprint density at radius 1 is 1.31 bits per heavy atom. The maximum absolute atomic E-state index is 12.8. The van der Waals surface area contributed by atoms with Gasteiger partial charge in [0.25, 0.3) is 11.6 Å². The summed E-state index contributed by atoms with van der Waals surface area (Å²) in [6, 6.07) is 11.7. The van der Waals surface area contributed by atoms with Crippen molar-refractivity contribution in [1.29, 1.82) is 0 Å². The molecule has 0 N–H and O–H groups in total. The molecule has 1 aliphatic rings. The lowest BCUT2D eigenvalue weighted by atomic mass is 10.2. The van der Waals surface area contributed by atoms with E-state index < -0.39 is 4.92 Å². The van der Waals surface area contributed by atoms with Gasteiger partial charge >= 0.3 is 0 Å². The standard InChI is InChI=1S/C17H11BrN2O4S2/c1-24-14-5-3-2-4-12(14)19-16(21)15(26-17(19)25)9-10-6-7-11(18)13(8-10)20(22)23/h2-9H,1H3/b15-9-. The Hall–Kier alpha value is -2.23. The lowest BCUT2D eigenvalue weighted by Crippen LogP contribution is -2.27. The van der Waals surface area contributed by atoms with Gasteiger partial charge in [-0.3, -0.25) is 19.8 Å². The molecule has 1 fully saturated rings. The van der Waals surface area contributed by atoms with Crippen molar-refractivity contribution < 1.29 is 14.5 Å². The first-order valence-corrected chi connectivity index (χ1v) is 9.29. The number of hydrogen-bond acceptors (Lipinski definition) is 6. The van der Waals surface area contributed by atoms with Gasteiger partial charge in [-0.25, -0.2) is 0 Å². The molecule has 0 spiro atoms. The van der Waals surface area contributed by atoms with E-state index in [-0.39, 0.29) is 11.6 Å². The molecule has 26 heavy (non-hydrogen) atoms. The SMILES string of the molecule is COc1ccccc1N1C(=O)/C(=C/c2ccc(Br)c([N+](=O)[O-])c2)SC1=S. The van der Waals surface area contributed by atoms with E-state index in [0.717, 1.165) is 11.8 Å². The van der Waals surface area contributed by atoms with Crippen molar-refractivity contribution in [1.82, 2.24) is 0 Å². The lowest BCUT2D eigenvalue weighted by Gasteiger charge is -2.17. The Labute approximate surface area is 167 Å². The monoisotopic (exact) mass is 450 g/mol. The molecule has 0 aromatic heterocycles. The van der Waals surface area contributed by atoms with Gasteiger partial charge in [-0.15, -0.1) is 0 Å². The van der Waals surface area contributed by atoms with Crippen molar-refractivity contribution in [3.63, 3.8) is 0 Å². The molecule has 1 aliphatic heterocycles. The number of amides is 1. The molecule has 3 rings (SSSR count). The number of rotatable bonds is 4. The molecule has 1 saturated heterocycles. The van der Waals surface area contributed by atoms with Gasteiger partial charge in [0, 0.05) is 6.07 Å². The van der Waals surface area contributed by atoms with Gasteiger partial charge in [-0.1, -0.05) is 42.2 Å². The van der Waals surface area contributed by atoms with E-state index in [9.17, 15) is 14.9 Å². The Morgan fingerprint density at radius 3 is 2.73 bits per heavy atom. The summed E-state index contributed by atoms with van der Waals surface area (Å²) in [5.41, 5.74) is 1.03. The van der Waals surface area contributed by atoms with E-state index in [0.29, 0.717) is 30.7 Å². The summed E-state index contributed by atoms with van der Waals surface area (Å²) in [4.78, 5) is 25.2. The Kier molecular flexibility index (Phi) is 5.40. The molecule has 9 heteroatoms. The maximum atomic E-state index is 12.8. The minimum absolute atomic E-state index is 0.0704. The molecule has 6 nitrogen and oxygen atoms in total. The molecule has 2 aromatic rings. The normalized spacial score (nSPS) is 15.6. The molecule has 0 unspecified atom stereocenters. The third-order valence-electron chi connectivity index (χ3n) is 3.58. The fourth-order valence-electron chi connectivity index (χ4n) is 2.40. The van der Waals surface area contributed by atoms with Gasteiger partial charge < -0.3 is 4.74 Å². The van der Waals surface area contributed by atoms with E-state index >= 15 is 0 Å². The zero-order valence-electron chi connectivity index (χ0n) is 13.3. The van der Waals surface area contributed by atoms with Crippen LogP contribution in [0.4, 0.5) is 11.4 Å². The summed E-state index contributed by atoms with van der Waals surface area (Å²) in [6.07, 6.45) is 1.59. The predicted molar refractivity (Wildman–Crippen MR) is 109 cm³/mol. The Balaban J connectivity index is 1.98. The van der Waals surface area contributed by atoms with Crippen LogP contribution in [-0.4, -0.2) is 22.3 Å². The van der Waals surface area contributed by atoms with E-state index in [4.69, 9.17) is 17.0 Å². The van der Waals surface area contributed by atoms with Gasteiger partial charge in [-0.2, -0.15) is 0 Å². The number of halogens is 1. The molecule has 2 aromatic carbocycles. The number of nitro groups is 1. The molecule has 0 bridgehead atoms. The third-order valence-corrected chi connectivity index (χ3v) is 5.56. The topological polar surface area (TPSA) is 72.7 Å². The van der Waals surface area contributed by atoms with Gasteiger partial charge in [-0.05, 0) is 45.8 Å². The number of anilines is 1. The first kappa shape index (κ1) is 18.6. The fraction of sp³-hybridized carbons (Fsp3) is 0.0588. The number of benzene rings is 2. The number of nitrogens with zero attached hydrogens (tertiary/aromatic N) is 2. The number of para-hydroxylation sites is 2. The molecule has 0 radical (unpaired) electrons. The Bertz CT molecular complexity index is 962. The minimum atomic E-state index is -0.485. The van der Waals surface area contributed by atoms with Crippen LogP contribution < -0.4 is 9.64 Å². The van der Waals surface area contributed by atoms with Gasteiger partial charge in [0.05, 0.1) is 27.1 Å². The number of nitro benzene ring substituents is 1. The zero-order valence-corrected chi connectivity index (χ0v) is 16.6. The fourth-order valence-corrected chi connectivity index (χ4v) is 4.08. The molecule has 132 valence electrons. The first-order valence-electron chi connectivity index (χ1n) is 7.27. The Morgan fingerprint density at radius 2 is 2.04 bits per heavy atom. The number of carbonyl (C=O) groups is 1. The number of thioether (sulfide) groups is 1. The summed E-state index contributed by atoms with van der Waals surface area (Å²) >= 11 is 9.63. The van der Waals surface area contributed by atoms with Crippen molar-refractivity contribution in [2.24, 2.45) is 0 Å². The van der Waals surface area contributed by atoms with Gasteiger partial charge in [0.2, 0.25) is 0 Å². The minimum Gasteiger partial charge on any atom is -0.495 e. The van der Waals surface area contributed by atoms with Crippen molar-refractivity contribution in [2.75, 3.05) is 12.0 Å². The first-order chi connectivity index (χ1) is 12.4. The van der Waals surface area contributed by atoms with Crippen molar-refractivity contribution in [3.8, 4) is 5.75 Å². The number of carbonyl (C=O) groups excluding carboxylic acids is 1. The molecule has 0 atom stereocenters. The third kappa shape index (κ3) is 3.50. The largest absolute Gasteiger partial charge is 0.495 e. The summed E-state index contributed by atoms with van der Waals surface area (Å²) in [6.45, 7) is 0. The number of methoxy groups -OCH3 is 1. The van der Waals surface area contributed by atoms with E-state index in [1.54, 1.807) is 42.5 Å². The van der Waals surface area contributed by atoms with Gasteiger partial charge in [0.15, 0.2) is 4.32 Å². The number of thiocarbonyl (C=S) groups is 1. The summed E-state index contributed by atoms with van der Waals surface area (Å²) < 4.78 is 6.05. The van der Waals surface area contributed by atoms with Crippen LogP contribution in [-0.2, 0) is 4.79 Å². The molecular weight excluding hydrogens is 440 g/mol. The van der Waals surface area contributed by atoms with Crippen LogP contribution in [0.5, 0.6) is 5.75 Å². The van der Waals surface area contributed by atoms with Crippen molar-refractivity contribution in [2.45, 2.75) is 0 Å². The van der Waals surface area contributed by atoms with E-state index in [1.807, 2.05) is 0 Å². The average molecular weight is 451 g/mol. The number of ether oxygens (including phenoxy) is 1. The highest BCUT2D eigenvalue weighted by Gasteiger charge is 2.34. The smallest absolute Gasteiger partial charge is 0.284 e. The van der Waals surface area contributed by atoms with Crippen LogP contribution in [0.2, 0.25) is 0 Å². The van der Waals surface area contributed by atoms with Crippen LogP contribution >= 0.6 is 39.9 Å². The second-order valence-electron chi connectivity index (χ2n) is 5.16. The molecule has 0 aliphatic carbocycles. The van der Waals surface area contributed by atoms with E-state index in [2.05, 4.69) is 15.9 Å².